The Labute approximate surface area is 164 Å². The van der Waals surface area contributed by atoms with Crippen LogP contribution in [-0.2, 0) is 17.8 Å². The number of carbonyl (C=O) groups excluding carboxylic acids is 1. The van der Waals surface area contributed by atoms with Crippen molar-refractivity contribution >= 4 is 11.9 Å². The molecule has 0 radical (unpaired) electrons. The molecule has 0 saturated heterocycles. The maximum absolute atomic E-state index is 12.3. The van der Waals surface area contributed by atoms with Crippen molar-refractivity contribution in [3.8, 4) is 17.2 Å². The first-order chi connectivity index (χ1) is 13.6. The van der Waals surface area contributed by atoms with E-state index in [4.69, 9.17) is 9.47 Å². The minimum Gasteiger partial charge on any atom is -0.504 e. The number of aromatic hydroxyl groups is 1. The van der Waals surface area contributed by atoms with Gasteiger partial charge in [-0.25, -0.2) is 0 Å². The highest BCUT2D eigenvalue weighted by molar-refractivity contribution is 5.95. The highest BCUT2D eigenvalue weighted by Crippen LogP contribution is 2.26. The summed E-state index contributed by atoms with van der Waals surface area (Å²) >= 11 is 0. The summed E-state index contributed by atoms with van der Waals surface area (Å²) in [4.78, 5) is 12.3. The Morgan fingerprint density at radius 1 is 0.964 bits per heavy atom. The highest BCUT2D eigenvalue weighted by atomic mass is 16.5. The molecule has 3 aromatic rings. The van der Waals surface area contributed by atoms with Crippen LogP contribution in [0.15, 0.2) is 78.9 Å². The van der Waals surface area contributed by atoms with Crippen molar-refractivity contribution in [3.05, 3.63) is 95.6 Å². The van der Waals surface area contributed by atoms with E-state index >= 15 is 0 Å². The topological polar surface area (TPSA) is 55.8 Å². The lowest BCUT2D eigenvalue weighted by molar-refractivity contribution is -0.113. The third-order valence-electron chi connectivity index (χ3n) is 4.19. The van der Waals surface area contributed by atoms with Gasteiger partial charge in [-0.15, -0.1) is 0 Å². The van der Waals surface area contributed by atoms with Gasteiger partial charge in [-0.05, 0) is 47.0 Å². The molecule has 0 fully saturated rings. The lowest BCUT2D eigenvalue weighted by Gasteiger charge is -2.07. The number of ether oxygens (including phenoxy) is 2. The number of hydrogen-bond acceptors (Lipinski definition) is 4. The molecule has 0 atom stereocenters. The summed E-state index contributed by atoms with van der Waals surface area (Å²) in [6.07, 6.45) is 3.47. The second kappa shape index (κ2) is 9.42. The van der Waals surface area contributed by atoms with E-state index in [2.05, 4.69) is 0 Å². The predicted molar refractivity (Wildman–Crippen MR) is 110 cm³/mol. The van der Waals surface area contributed by atoms with Crippen molar-refractivity contribution in [2.75, 3.05) is 7.11 Å². The number of phenols is 1. The zero-order valence-corrected chi connectivity index (χ0v) is 15.7. The van der Waals surface area contributed by atoms with Gasteiger partial charge in [0, 0.05) is 6.42 Å². The molecule has 0 aliphatic rings. The molecular weight excluding hydrogens is 352 g/mol. The maximum atomic E-state index is 12.3. The number of carbonyl (C=O) groups is 1. The molecule has 142 valence electrons. The lowest BCUT2D eigenvalue weighted by atomic mass is 10.1. The first-order valence-electron chi connectivity index (χ1n) is 8.97. The molecule has 4 nitrogen and oxygen atoms in total. The van der Waals surface area contributed by atoms with E-state index in [0.29, 0.717) is 12.4 Å². The Hall–Kier alpha value is -3.53. The van der Waals surface area contributed by atoms with Gasteiger partial charge >= 0.3 is 0 Å². The zero-order valence-electron chi connectivity index (χ0n) is 15.7. The second-order valence-corrected chi connectivity index (χ2v) is 6.33. The Kier molecular flexibility index (Phi) is 6.47. The lowest BCUT2D eigenvalue weighted by Crippen LogP contribution is -2.00. The molecule has 0 heterocycles. The first kappa shape index (κ1) is 19.2. The Balaban J connectivity index is 1.58. The third kappa shape index (κ3) is 5.48. The van der Waals surface area contributed by atoms with E-state index in [-0.39, 0.29) is 18.0 Å². The van der Waals surface area contributed by atoms with Gasteiger partial charge in [-0.3, -0.25) is 4.79 Å². The summed E-state index contributed by atoms with van der Waals surface area (Å²) < 4.78 is 10.8. The van der Waals surface area contributed by atoms with Gasteiger partial charge in [0.1, 0.15) is 12.4 Å². The van der Waals surface area contributed by atoms with Crippen molar-refractivity contribution in [2.45, 2.75) is 13.0 Å². The van der Waals surface area contributed by atoms with Gasteiger partial charge in [0.25, 0.3) is 0 Å². The van der Waals surface area contributed by atoms with Crippen molar-refractivity contribution in [3.63, 3.8) is 0 Å². The predicted octanol–water partition coefficient (Wildman–Crippen LogP) is 4.80. The average molecular weight is 374 g/mol. The number of benzene rings is 3. The van der Waals surface area contributed by atoms with Crippen LogP contribution in [0.4, 0.5) is 0 Å². The molecule has 1 N–H and O–H groups in total. The van der Waals surface area contributed by atoms with Gasteiger partial charge in [-0.1, -0.05) is 54.6 Å². The molecule has 0 aliphatic carbocycles. The molecule has 0 spiro atoms. The van der Waals surface area contributed by atoms with Crippen molar-refractivity contribution in [1.82, 2.24) is 0 Å². The van der Waals surface area contributed by atoms with Crippen LogP contribution in [-0.4, -0.2) is 18.0 Å². The Bertz CT molecular complexity index is 961. The van der Waals surface area contributed by atoms with Gasteiger partial charge in [0.05, 0.1) is 7.11 Å². The fourth-order valence-corrected chi connectivity index (χ4v) is 2.75. The molecule has 0 aliphatic heterocycles. The molecule has 0 bridgehead atoms. The fourth-order valence-electron chi connectivity index (χ4n) is 2.75. The summed E-state index contributed by atoms with van der Waals surface area (Å²) in [5.41, 5.74) is 2.71. The molecule has 4 heteroatoms. The number of rotatable bonds is 8. The van der Waals surface area contributed by atoms with Crippen LogP contribution in [0.3, 0.4) is 0 Å². The molecule has 3 aromatic carbocycles. The SMILES string of the molecule is COc1ccc(/C=C/C(=O)Cc2cccc(OCc3ccccc3)c2)cc1O. The summed E-state index contributed by atoms with van der Waals surface area (Å²) in [5, 5.41) is 9.80. The van der Waals surface area contributed by atoms with Crippen LogP contribution >= 0.6 is 0 Å². The summed E-state index contributed by atoms with van der Waals surface area (Å²) in [6.45, 7) is 0.485. The molecule has 0 saturated carbocycles. The minimum absolute atomic E-state index is 0.0319. The number of phenolic OH excluding ortho intramolecular Hbond substituents is 1. The summed E-state index contributed by atoms with van der Waals surface area (Å²) in [7, 11) is 1.49. The standard InChI is InChI=1S/C24H22O4/c1-27-24-13-11-18(16-23(24)26)10-12-21(25)14-20-8-5-9-22(15-20)28-17-19-6-3-2-4-7-19/h2-13,15-16,26H,14,17H2,1H3/b12-10+. The van der Waals surface area contributed by atoms with Crippen LogP contribution in [0.2, 0.25) is 0 Å². The van der Waals surface area contributed by atoms with Crippen molar-refractivity contribution in [2.24, 2.45) is 0 Å². The Morgan fingerprint density at radius 2 is 1.75 bits per heavy atom. The summed E-state index contributed by atoms with van der Waals surface area (Å²) in [5.74, 6) is 1.14. The fraction of sp³-hybridized carbons (Fsp3) is 0.125. The first-order valence-corrected chi connectivity index (χ1v) is 8.97. The molecule has 0 aromatic heterocycles. The number of ketones is 1. The maximum Gasteiger partial charge on any atom is 0.160 e. The van der Waals surface area contributed by atoms with E-state index in [1.807, 2.05) is 54.6 Å². The van der Waals surface area contributed by atoms with Crippen molar-refractivity contribution in [1.29, 1.82) is 0 Å². The van der Waals surface area contributed by atoms with Crippen LogP contribution in [0.5, 0.6) is 17.2 Å². The largest absolute Gasteiger partial charge is 0.504 e. The smallest absolute Gasteiger partial charge is 0.160 e. The van der Waals surface area contributed by atoms with Gasteiger partial charge in [0.2, 0.25) is 0 Å². The second-order valence-electron chi connectivity index (χ2n) is 6.33. The molecule has 28 heavy (non-hydrogen) atoms. The van der Waals surface area contributed by atoms with Gasteiger partial charge in [0.15, 0.2) is 17.3 Å². The average Bonchev–Trinajstić information content (AvgIpc) is 2.72. The number of allylic oxidation sites excluding steroid dienone is 1. The van der Waals surface area contributed by atoms with E-state index in [1.54, 1.807) is 24.3 Å². The van der Waals surface area contributed by atoms with Crippen LogP contribution in [0.1, 0.15) is 16.7 Å². The van der Waals surface area contributed by atoms with E-state index in [9.17, 15) is 9.90 Å². The van der Waals surface area contributed by atoms with Crippen LogP contribution < -0.4 is 9.47 Å². The number of methoxy groups -OCH3 is 1. The third-order valence-corrected chi connectivity index (χ3v) is 4.19. The molecular formula is C24H22O4. The minimum atomic E-state index is -0.0319. The monoisotopic (exact) mass is 374 g/mol. The van der Waals surface area contributed by atoms with Crippen LogP contribution in [0.25, 0.3) is 6.08 Å². The number of hydrogen-bond donors (Lipinski definition) is 1. The quantitative estimate of drug-likeness (QED) is 0.575. The van der Waals surface area contributed by atoms with Crippen molar-refractivity contribution < 1.29 is 19.4 Å². The molecule has 0 amide bonds. The van der Waals surface area contributed by atoms with E-state index in [0.717, 1.165) is 22.4 Å². The van der Waals surface area contributed by atoms with Crippen LogP contribution in [0, 0.1) is 0 Å². The molecule has 0 unspecified atom stereocenters. The highest BCUT2D eigenvalue weighted by Gasteiger charge is 2.04. The zero-order chi connectivity index (χ0) is 19.8. The van der Waals surface area contributed by atoms with E-state index in [1.165, 1.54) is 13.2 Å². The normalized spacial score (nSPS) is 10.8. The van der Waals surface area contributed by atoms with E-state index < -0.39 is 0 Å². The van der Waals surface area contributed by atoms with Gasteiger partial charge in [-0.2, -0.15) is 0 Å². The molecule has 3 rings (SSSR count). The summed E-state index contributed by atoms with van der Waals surface area (Å²) in [6, 6.07) is 22.5. The van der Waals surface area contributed by atoms with Gasteiger partial charge < -0.3 is 14.6 Å². The Morgan fingerprint density at radius 3 is 2.50 bits per heavy atom.